The average molecular weight is 228 g/mol. The lowest BCUT2D eigenvalue weighted by molar-refractivity contribution is 0.0782. The fraction of sp³-hybridized carbons (Fsp3) is 0.571. The molecule has 0 amide bonds. The van der Waals surface area contributed by atoms with Crippen molar-refractivity contribution in [2.24, 2.45) is 0 Å². The van der Waals surface area contributed by atoms with Crippen LogP contribution in [0, 0.1) is 12.7 Å². The van der Waals surface area contributed by atoms with Crippen molar-refractivity contribution >= 4 is 0 Å². The van der Waals surface area contributed by atoms with Gasteiger partial charge in [-0.25, -0.2) is 4.39 Å². The van der Waals surface area contributed by atoms with Crippen molar-refractivity contribution in [3.05, 3.63) is 35.1 Å². The van der Waals surface area contributed by atoms with E-state index in [1.54, 1.807) is 32.9 Å². The second-order valence-electron chi connectivity index (χ2n) is 3.52. The number of halogens is 1. The summed E-state index contributed by atoms with van der Waals surface area (Å²) in [6.07, 6.45) is 0. The maximum absolute atomic E-state index is 13.0. The maximum Gasteiger partial charge on any atom is 0.126 e. The molecule has 1 aromatic rings. The highest BCUT2D eigenvalue weighted by Gasteiger charge is 2.16. The van der Waals surface area contributed by atoms with Gasteiger partial charge in [0, 0.05) is 0 Å². The van der Waals surface area contributed by atoms with E-state index in [0.29, 0.717) is 11.1 Å². The van der Waals surface area contributed by atoms with E-state index in [0.717, 1.165) is 0 Å². The van der Waals surface area contributed by atoms with E-state index in [9.17, 15) is 9.50 Å². The Kier molecular flexibility index (Phi) is 9.06. The Bertz CT molecular complexity index is 287. The molecule has 16 heavy (non-hydrogen) atoms. The first-order chi connectivity index (χ1) is 7.41. The molecule has 1 N–H and O–H groups in total. The predicted molar refractivity (Wildman–Crippen MR) is 69.1 cm³/mol. The summed E-state index contributed by atoms with van der Waals surface area (Å²) in [6.45, 7) is 13.0. The van der Waals surface area contributed by atoms with Crippen LogP contribution >= 0.6 is 0 Å². The Morgan fingerprint density at radius 2 is 1.50 bits per heavy atom. The summed E-state index contributed by atoms with van der Waals surface area (Å²) in [7, 11) is 0. The molecule has 0 saturated heterocycles. The van der Waals surface area contributed by atoms with E-state index in [-0.39, 0.29) is 5.82 Å². The standard InChI is InChI=1S/C10H13FO.2C2H6/c1-7-4-5-8(6-9(7)11)10(2,3)12;2*1-2/h4-6,12H,1-3H3;2*1-2H3. The molecule has 0 aromatic heterocycles. The van der Waals surface area contributed by atoms with E-state index in [4.69, 9.17) is 0 Å². The van der Waals surface area contributed by atoms with Crippen LogP contribution in [0.3, 0.4) is 0 Å². The second kappa shape index (κ2) is 8.28. The molecule has 2 heteroatoms. The van der Waals surface area contributed by atoms with Gasteiger partial charge >= 0.3 is 0 Å². The lowest BCUT2D eigenvalue weighted by Crippen LogP contribution is -2.15. The molecule has 0 saturated carbocycles. The quantitative estimate of drug-likeness (QED) is 0.754. The van der Waals surface area contributed by atoms with Gasteiger partial charge in [-0.2, -0.15) is 0 Å². The van der Waals surface area contributed by atoms with Gasteiger partial charge in [0.1, 0.15) is 5.82 Å². The molecule has 0 atom stereocenters. The molecule has 0 aliphatic carbocycles. The van der Waals surface area contributed by atoms with Gasteiger partial charge in [-0.15, -0.1) is 0 Å². The Hall–Kier alpha value is -0.890. The fourth-order valence-electron chi connectivity index (χ4n) is 0.973. The first-order valence-electron chi connectivity index (χ1n) is 5.90. The molecule has 1 aromatic carbocycles. The van der Waals surface area contributed by atoms with E-state index in [1.807, 2.05) is 27.7 Å². The monoisotopic (exact) mass is 228 g/mol. The Morgan fingerprint density at radius 3 is 1.81 bits per heavy atom. The zero-order valence-corrected chi connectivity index (χ0v) is 11.6. The summed E-state index contributed by atoms with van der Waals surface area (Å²) in [6, 6.07) is 4.77. The van der Waals surface area contributed by atoms with Crippen molar-refractivity contribution in [2.75, 3.05) is 0 Å². The van der Waals surface area contributed by atoms with Gasteiger partial charge in [0.05, 0.1) is 5.60 Å². The van der Waals surface area contributed by atoms with E-state index in [2.05, 4.69) is 0 Å². The molecule has 0 bridgehead atoms. The number of aryl methyl sites for hydroxylation is 1. The normalized spacial score (nSPS) is 9.56. The second-order valence-corrected chi connectivity index (χ2v) is 3.52. The molecule has 0 heterocycles. The largest absolute Gasteiger partial charge is 0.386 e. The fourth-order valence-corrected chi connectivity index (χ4v) is 0.973. The van der Waals surface area contributed by atoms with Crippen molar-refractivity contribution in [3.63, 3.8) is 0 Å². The first kappa shape index (κ1) is 17.5. The smallest absolute Gasteiger partial charge is 0.126 e. The molecule has 0 aliphatic rings. The van der Waals surface area contributed by atoms with Crippen LogP contribution in [0.15, 0.2) is 18.2 Å². The number of hydrogen-bond donors (Lipinski definition) is 1. The van der Waals surface area contributed by atoms with Crippen LogP contribution in [0.5, 0.6) is 0 Å². The highest BCUT2D eigenvalue weighted by Crippen LogP contribution is 2.21. The minimum atomic E-state index is -0.964. The molecular weight excluding hydrogens is 203 g/mol. The van der Waals surface area contributed by atoms with Crippen LogP contribution in [-0.2, 0) is 5.60 Å². The summed E-state index contributed by atoms with van der Waals surface area (Å²) in [5.74, 6) is -0.269. The third-order valence-electron chi connectivity index (χ3n) is 1.88. The maximum atomic E-state index is 13.0. The number of hydrogen-bond acceptors (Lipinski definition) is 1. The van der Waals surface area contributed by atoms with E-state index < -0.39 is 5.60 Å². The summed E-state index contributed by atoms with van der Waals surface area (Å²) >= 11 is 0. The van der Waals surface area contributed by atoms with Crippen LogP contribution in [0.2, 0.25) is 0 Å². The van der Waals surface area contributed by atoms with Crippen molar-refractivity contribution in [2.45, 2.75) is 54.1 Å². The highest BCUT2D eigenvalue weighted by atomic mass is 19.1. The average Bonchev–Trinajstić information content (AvgIpc) is 2.26. The third kappa shape index (κ3) is 5.86. The van der Waals surface area contributed by atoms with Crippen LogP contribution < -0.4 is 0 Å². The Labute approximate surface area is 99.3 Å². The molecule has 0 aliphatic heterocycles. The number of rotatable bonds is 1. The molecule has 0 fully saturated rings. The Morgan fingerprint density at radius 1 is 1.06 bits per heavy atom. The lowest BCUT2D eigenvalue weighted by atomic mass is 9.97. The zero-order valence-electron chi connectivity index (χ0n) is 11.6. The highest BCUT2D eigenvalue weighted by molar-refractivity contribution is 5.26. The molecular formula is C14H25FO. The Balaban J connectivity index is 0. The predicted octanol–water partition coefficient (Wildman–Crippen LogP) is 4.41. The molecule has 0 spiro atoms. The van der Waals surface area contributed by atoms with Crippen LogP contribution in [0.25, 0.3) is 0 Å². The van der Waals surface area contributed by atoms with Crippen LogP contribution in [0.4, 0.5) is 4.39 Å². The van der Waals surface area contributed by atoms with Gasteiger partial charge in [0.2, 0.25) is 0 Å². The van der Waals surface area contributed by atoms with E-state index >= 15 is 0 Å². The van der Waals surface area contributed by atoms with Gasteiger partial charge < -0.3 is 5.11 Å². The molecule has 1 rings (SSSR count). The minimum absolute atomic E-state index is 0.269. The molecule has 0 unspecified atom stereocenters. The summed E-state index contributed by atoms with van der Waals surface area (Å²) in [5, 5.41) is 9.54. The molecule has 94 valence electrons. The first-order valence-corrected chi connectivity index (χ1v) is 5.90. The minimum Gasteiger partial charge on any atom is -0.386 e. The zero-order chi connectivity index (χ0) is 13.4. The van der Waals surface area contributed by atoms with Crippen LogP contribution in [0.1, 0.15) is 52.7 Å². The van der Waals surface area contributed by atoms with Gasteiger partial charge in [-0.3, -0.25) is 0 Å². The van der Waals surface area contributed by atoms with Gasteiger partial charge in [0.15, 0.2) is 0 Å². The van der Waals surface area contributed by atoms with Crippen molar-refractivity contribution in [3.8, 4) is 0 Å². The van der Waals surface area contributed by atoms with Crippen molar-refractivity contribution < 1.29 is 9.50 Å². The number of aliphatic hydroxyl groups is 1. The SMILES string of the molecule is CC.CC.Cc1ccc(C(C)(C)O)cc1F. The summed E-state index contributed by atoms with van der Waals surface area (Å²) < 4.78 is 13.0. The van der Waals surface area contributed by atoms with Gasteiger partial charge in [-0.05, 0) is 38.0 Å². The number of benzene rings is 1. The van der Waals surface area contributed by atoms with Crippen molar-refractivity contribution in [1.29, 1.82) is 0 Å². The van der Waals surface area contributed by atoms with Crippen molar-refractivity contribution in [1.82, 2.24) is 0 Å². The third-order valence-corrected chi connectivity index (χ3v) is 1.88. The van der Waals surface area contributed by atoms with Gasteiger partial charge in [-0.1, -0.05) is 39.8 Å². The summed E-state index contributed by atoms with van der Waals surface area (Å²) in [5.41, 5.74) is 0.239. The molecule has 0 radical (unpaired) electrons. The molecule has 1 nitrogen and oxygen atoms in total. The van der Waals surface area contributed by atoms with E-state index in [1.165, 1.54) is 6.07 Å². The van der Waals surface area contributed by atoms with Crippen LogP contribution in [-0.4, -0.2) is 5.11 Å². The topological polar surface area (TPSA) is 20.2 Å². The van der Waals surface area contributed by atoms with Gasteiger partial charge in [0.25, 0.3) is 0 Å². The summed E-state index contributed by atoms with van der Waals surface area (Å²) in [4.78, 5) is 0. The lowest BCUT2D eigenvalue weighted by Gasteiger charge is -2.17.